The Kier molecular flexibility index (Phi) is 3.52. The lowest BCUT2D eigenvalue weighted by Gasteiger charge is -2.26. The molecule has 1 unspecified atom stereocenters. The van der Waals surface area contributed by atoms with Gasteiger partial charge in [-0.25, -0.2) is 9.37 Å². The number of fused-ring (bicyclic) bond motifs is 2. The molecule has 1 aliphatic rings. The van der Waals surface area contributed by atoms with Gasteiger partial charge in [-0.1, -0.05) is 29.8 Å². The third kappa shape index (κ3) is 2.51. The lowest BCUT2D eigenvalue weighted by molar-refractivity contribution is 0.0993. The smallest absolute Gasteiger partial charge is 0.259 e. The van der Waals surface area contributed by atoms with Gasteiger partial charge in [0.1, 0.15) is 5.82 Å². The summed E-state index contributed by atoms with van der Waals surface area (Å²) in [4.78, 5) is 22.2. The molecule has 6 heteroatoms. The quantitative estimate of drug-likeness (QED) is 0.528. The van der Waals surface area contributed by atoms with Gasteiger partial charge in [0, 0.05) is 16.3 Å². The van der Waals surface area contributed by atoms with Gasteiger partial charge in [-0.2, -0.15) is 0 Å². The number of carbonyl (C=O) groups is 1. The van der Waals surface area contributed by atoms with E-state index in [1.165, 1.54) is 12.1 Å². The van der Waals surface area contributed by atoms with Crippen molar-refractivity contribution in [1.82, 2.24) is 9.97 Å². The molecule has 27 heavy (non-hydrogen) atoms. The van der Waals surface area contributed by atoms with Gasteiger partial charge in [-0.05, 0) is 53.6 Å². The number of anilines is 1. The molecule has 1 N–H and O–H groups in total. The molecule has 0 saturated heterocycles. The number of aromatic amines is 1. The first-order valence-electron chi connectivity index (χ1n) is 8.43. The zero-order valence-electron chi connectivity index (χ0n) is 14.0. The summed E-state index contributed by atoms with van der Waals surface area (Å²) < 4.78 is 14.0. The maximum atomic E-state index is 14.0. The fourth-order valence-corrected chi connectivity index (χ4v) is 3.94. The van der Waals surface area contributed by atoms with E-state index in [1.54, 1.807) is 23.4 Å². The molecule has 1 aromatic heterocycles. The molecule has 5 rings (SSSR count). The van der Waals surface area contributed by atoms with Gasteiger partial charge < -0.3 is 4.98 Å². The summed E-state index contributed by atoms with van der Waals surface area (Å²) in [5, 5.41) is 0.296. The number of imidazole rings is 1. The van der Waals surface area contributed by atoms with Crippen molar-refractivity contribution in [3.05, 3.63) is 94.5 Å². The fourth-order valence-electron chi connectivity index (χ4n) is 3.71. The van der Waals surface area contributed by atoms with Gasteiger partial charge in [0.05, 0.1) is 23.4 Å². The van der Waals surface area contributed by atoms with Crippen LogP contribution in [-0.2, 0) is 0 Å². The molecule has 0 bridgehead atoms. The predicted molar refractivity (Wildman–Crippen MR) is 103 cm³/mol. The summed E-state index contributed by atoms with van der Waals surface area (Å²) >= 11 is 6.09. The van der Waals surface area contributed by atoms with Gasteiger partial charge in [0.2, 0.25) is 0 Å². The molecule has 4 nitrogen and oxygen atoms in total. The molecule has 0 radical (unpaired) electrons. The van der Waals surface area contributed by atoms with E-state index in [2.05, 4.69) is 9.97 Å². The van der Waals surface area contributed by atoms with E-state index >= 15 is 0 Å². The van der Waals surface area contributed by atoms with E-state index in [0.29, 0.717) is 21.8 Å². The normalized spacial score (nSPS) is 16.1. The van der Waals surface area contributed by atoms with Crippen molar-refractivity contribution in [2.45, 2.75) is 6.04 Å². The Morgan fingerprint density at radius 2 is 1.93 bits per heavy atom. The van der Waals surface area contributed by atoms with E-state index < -0.39 is 11.9 Å². The Morgan fingerprint density at radius 3 is 2.78 bits per heavy atom. The van der Waals surface area contributed by atoms with Crippen LogP contribution in [0.2, 0.25) is 5.02 Å². The zero-order valence-corrected chi connectivity index (χ0v) is 14.7. The highest BCUT2D eigenvalue weighted by Crippen LogP contribution is 2.42. The number of benzene rings is 3. The number of aromatic nitrogens is 2. The topological polar surface area (TPSA) is 49.0 Å². The third-order valence-electron chi connectivity index (χ3n) is 4.85. The molecule has 0 fully saturated rings. The van der Waals surface area contributed by atoms with Gasteiger partial charge in [-0.15, -0.1) is 0 Å². The molecule has 0 spiro atoms. The molecule has 1 atom stereocenters. The van der Waals surface area contributed by atoms with Gasteiger partial charge in [0.15, 0.2) is 0 Å². The molecule has 3 aromatic carbocycles. The van der Waals surface area contributed by atoms with Crippen molar-refractivity contribution in [2.75, 3.05) is 4.90 Å². The maximum Gasteiger partial charge on any atom is 0.259 e. The van der Waals surface area contributed by atoms with Crippen LogP contribution in [0.5, 0.6) is 0 Å². The van der Waals surface area contributed by atoms with Gasteiger partial charge in [-0.3, -0.25) is 9.69 Å². The highest BCUT2D eigenvalue weighted by molar-refractivity contribution is 6.30. The van der Waals surface area contributed by atoms with Gasteiger partial charge in [0.25, 0.3) is 5.91 Å². The van der Waals surface area contributed by atoms with Crippen LogP contribution in [0.4, 0.5) is 10.1 Å². The van der Waals surface area contributed by atoms with Crippen LogP contribution in [0, 0.1) is 5.82 Å². The summed E-state index contributed by atoms with van der Waals surface area (Å²) in [5.41, 5.74) is 4.39. The monoisotopic (exact) mass is 377 g/mol. The van der Waals surface area contributed by atoms with Crippen molar-refractivity contribution < 1.29 is 9.18 Å². The van der Waals surface area contributed by atoms with Crippen LogP contribution >= 0.6 is 11.6 Å². The lowest BCUT2D eigenvalue weighted by atomic mass is 9.97. The predicted octanol–water partition coefficient (Wildman–Crippen LogP) is 5.11. The number of H-pyrrole nitrogens is 1. The molecule has 132 valence electrons. The van der Waals surface area contributed by atoms with Crippen molar-refractivity contribution in [1.29, 1.82) is 0 Å². The summed E-state index contributed by atoms with van der Waals surface area (Å²) in [6.45, 7) is 0. The minimum Gasteiger partial charge on any atom is -0.345 e. The summed E-state index contributed by atoms with van der Waals surface area (Å²) in [7, 11) is 0. The van der Waals surface area contributed by atoms with E-state index in [9.17, 15) is 9.18 Å². The number of carbonyl (C=O) groups excluding carboxylic acids is 1. The molecule has 1 amide bonds. The average molecular weight is 378 g/mol. The van der Waals surface area contributed by atoms with Crippen LogP contribution in [-0.4, -0.2) is 15.9 Å². The first-order chi connectivity index (χ1) is 13.1. The van der Waals surface area contributed by atoms with E-state index in [1.807, 2.05) is 36.4 Å². The molecule has 0 saturated carbocycles. The minimum atomic E-state index is -0.460. The first-order valence-corrected chi connectivity index (χ1v) is 8.81. The Labute approximate surface area is 159 Å². The highest BCUT2D eigenvalue weighted by atomic mass is 35.5. The lowest BCUT2D eigenvalue weighted by Crippen LogP contribution is -2.28. The number of nitrogens with one attached hydrogen (secondary N) is 1. The Balaban J connectivity index is 1.73. The Bertz CT molecular complexity index is 1180. The van der Waals surface area contributed by atoms with Crippen molar-refractivity contribution in [3.63, 3.8) is 0 Å². The van der Waals surface area contributed by atoms with Crippen LogP contribution in [0.25, 0.3) is 11.0 Å². The number of halogens is 2. The van der Waals surface area contributed by atoms with Crippen LogP contribution in [0.1, 0.15) is 27.5 Å². The largest absolute Gasteiger partial charge is 0.345 e. The Hall–Kier alpha value is -3.18. The second-order valence-electron chi connectivity index (χ2n) is 6.47. The molecule has 1 aliphatic heterocycles. The molecule has 0 aliphatic carbocycles. The van der Waals surface area contributed by atoms with Crippen molar-refractivity contribution >= 4 is 34.2 Å². The second kappa shape index (κ2) is 5.93. The molecule has 4 aromatic rings. The van der Waals surface area contributed by atoms with E-state index in [4.69, 9.17) is 11.6 Å². The number of amides is 1. The average Bonchev–Trinajstić information content (AvgIpc) is 3.23. The number of rotatable bonds is 2. The van der Waals surface area contributed by atoms with Gasteiger partial charge >= 0.3 is 0 Å². The second-order valence-corrected chi connectivity index (χ2v) is 6.91. The highest BCUT2D eigenvalue weighted by Gasteiger charge is 2.38. The van der Waals surface area contributed by atoms with Crippen LogP contribution in [0.15, 0.2) is 67.0 Å². The van der Waals surface area contributed by atoms with Crippen molar-refractivity contribution in [3.8, 4) is 0 Å². The standard InChI is InChI=1S/C21H13ClFN3O/c22-13-7-12(8-14(23)9-13)20-16-3-1-2-4-17(16)21(27)26(20)15-5-6-18-19(10-15)25-11-24-18/h1-11,20H,(H,24,25). The number of nitrogens with zero attached hydrogens (tertiary/aromatic N) is 2. The minimum absolute atomic E-state index is 0.133. The third-order valence-corrected chi connectivity index (χ3v) is 5.06. The molecular weight excluding hydrogens is 365 g/mol. The van der Waals surface area contributed by atoms with Crippen LogP contribution < -0.4 is 4.90 Å². The molecule has 2 heterocycles. The summed E-state index contributed by atoms with van der Waals surface area (Å²) in [6.07, 6.45) is 1.61. The Morgan fingerprint density at radius 1 is 1.07 bits per heavy atom. The summed E-state index contributed by atoms with van der Waals surface area (Å²) in [5.74, 6) is -0.567. The maximum absolute atomic E-state index is 14.0. The summed E-state index contributed by atoms with van der Waals surface area (Å²) in [6, 6.07) is 16.9. The molecular formula is C21H13ClFN3O. The van der Waals surface area contributed by atoms with Crippen LogP contribution in [0.3, 0.4) is 0 Å². The fraction of sp³-hybridized carbons (Fsp3) is 0.0476. The SMILES string of the molecule is O=C1c2ccccc2C(c2cc(F)cc(Cl)c2)N1c1ccc2[nH]cnc2c1. The van der Waals surface area contributed by atoms with E-state index in [0.717, 1.165) is 16.6 Å². The zero-order chi connectivity index (χ0) is 18.5. The number of hydrogen-bond donors (Lipinski definition) is 1. The number of hydrogen-bond acceptors (Lipinski definition) is 2. The first kappa shape index (κ1) is 16.0. The van der Waals surface area contributed by atoms with Crippen molar-refractivity contribution in [2.24, 2.45) is 0 Å². The van der Waals surface area contributed by atoms with E-state index in [-0.39, 0.29) is 5.91 Å².